The fourth-order valence-corrected chi connectivity index (χ4v) is 4.62. The number of nitrogens with zero attached hydrogens (tertiary/aromatic N) is 5. The summed E-state index contributed by atoms with van der Waals surface area (Å²) in [7, 11) is 1.78. The SMILES string of the molecule is CC(C)N1c2cc(F)cc3c(=O)[nH]nc(c23)[C@H](c2ncnn2C)[C@H]1c1ccc(F)cc1. The molecule has 0 saturated heterocycles. The van der Waals surface area contributed by atoms with Crippen LogP contribution in [0.1, 0.15) is 42.9 Å². The van der Waals surface area contributed by atoms with E-state index in [9.17, 15) is 13.6 Å². The molecular formula is C22H20F2N6O. The van der Waals surface area contributed by atoms with Crippen LogP contribution in [0.5, 0.6) is 0 Å². The van der Waals surface area contributed by atoms with Crippen LogP contribution in [0.15, 0.2) is 47.5 Å². The number of hydrogen-bond acceptors (Lipinski definition) is 5. The van der Waals surface area contributed by atoms with Gasteiger partial charge in [0.2, 0.25) is 0 Å². The molecule has 0 amide bonds. The average Bonchev–Trinajstić information content (AvgIpc) is 3.15. The van der Waals surface area contributed by atoms with Crippen LogP contribution in [-0.4, -0.2) is 31.0 Å². The zero-order chi connectivity index (χ0) is 21.9. The summed E-state index contributed by atoms with van der Waals surface area (Å²) in [5.41, 5.74) is 1.51. The molecule has 31 heavy (non-hydrogen) atoms. The maximum absolute atomic E-state index is 14.6. The first-order valence-electron chi connectivity index (χ1n) is 9.96. The van der Waals surface area contributed by atoms with Crippen molar-refractivity contribution < 1.29 is 8.78 Å². The molecule has 1 aliphatic rings. The van der Waals surface area contributed by atoms with Crippen molar-refractivity contribution in [3.63, 3.8) is 0 Å². The molecule has 7 nitrogen and oxygen atoms in total. The minimum absolute atomic E-state index is 0.0665. The Morgan fingerprint density at radius 3 is 2.48 bits per heavy atom. The van der Waals surface area contributed by atoms with E-state index in [2.05, 4.69) is 20.3 Å². The van der Waals surface area contributed by atoms with Gasteiger partial charge in [0.1, 0.15) is 23.8 Å². The summed E-state index contributed by atoms with van der Waals surface area (Å²) in [6.45, 7) is 3.99. The first-order valence-corrected chi connectivity index (χ1v) is 9.96. The number of H-pyrrole nitrogens is 1. The van der Waals surface area contributed by atoms with Crippen molar-refractivity contribution in [2.24, 2.45) is 7.05 Å². The summed E-state index contributed by atoms with van der Waals surface area (Å²) in [5, 5.41) is 11.9. The standard InChI is InChI=1S/C22H20F2N6O/c1-11(2)30-16-9-14(24)8-15-17(16)19(27-28-22(15)31)18(21-25-10-26-29(21)3)20(30)12-4-6-13(23)7-5-12/h4-11,18,20H,1-3H3,(H,28,31)/t18-,20+/m0/s1. The predicted octanol–water partition coefficient (Wildman–Crippen LogP) is 3.43. The highest BCUT2D eigenvalue weighted by Gasteiger charge is 2.43. The van der Waals surface area contributed by atoms with Crippen molar-refractivity contribution in [2.45, 2.75) is 31.8 Å². The van der Waals surface area contributed by atoms with E-state index < -0.39 is 17.3 Å². The van der Waals surface area contributed by atoms with Crippen molar-refractivity contribution >= 4 is 16.5 Å². The molecule has 158 valence electrons. The third-order valence-electron chi connectivity index (χ3n) is 5.84. The van der Waals surface area contributed by atoms with Gasteiger partial charge in [-0.05, 0) is 43.7 Å². The second-order valence-corrected chi connectivity index (χ2v) is 8.00. The van der Waals surface area contributed by atoms with Crippen LogP contribution < -0.4 is 10.5 Å². The lowest BCUT2D eigenvalue weighted by Gasteiger charge is -2.45. The van der Waals surface area contributed by atoms with E-state index in [1.165, 1.54) is 30.6 Å². The lowest BCUT2D eigenvalue weighted by Crippen LogP contribution is -2.42. The normalized spacial score (nSPS) is 18.2. The van der Waals surface area contributed by atoms with Crippen LogP contribution in [0.4, 0.5) is 14.5 Å². The zero-order valence-electron chi connectivity index (χ0n) is 17.2. The zero-order valence-corrected chi connectivity index (χ0v) is 17.2. The van der Waals surface area contributed by atoms with E-state index in [4.69, 9.17) is 0 Å². The smallest absolute Gasteiger partial charge is 0.272 e. The van der Waals surface area contributed by atoms with Crippen molar-refractivity contribution in [3.8, 4) is 0 Å². The first-order chi connectivity index (χ1) is 14.9. The van der Waals surface area contributed by atoms with E-state index in [1.807, 2.05) is 18.7 Å². The molecule has 2 aromatic heterocycles. The number of aromatic nitrogens is 5. The third-order valence-corrected chi connectivity index (χ3v) is 5.84. The van der Waals surface area contributed by atoms with Crippen molar-refractivity contribution in [3.05, 3.63) is 81.8 Å². The van der Waals surface area contributed by atoms with Crippen LogP contribution in [0.25, 0.3) is 10.8 Å². The second kappa shape index (κ2) is 6.97. The molecule has 0 radical (unpaired) electrons. The number of hydrogen-bond donors (Lipinski definition) is 1. The van der Waals surface area contributed by atoms with Gasteiger partial charge in [-0.2, -0.15) is 10.2 Å². The number of halogens is 2. The van der Waals surface area contributed by atoms with Gasteiger partial charge in [0.05, 0.1) is 28.7 Å². The van der Waals surface area contributed by atoms with E-state index in [0.717, 1.165) is 5.56 Å². The second-order valence-electron chi connectivity index (χ2n) is 8.00. The fourth-order valence-electron chi connectivity index (χ4n) is 4.62. The molecule has 5 rings (SSSR count). The van der Waals surface area contributed by atoms with Crippen LogP contribution in [0.2, 0.25) is 0 Å². The van der Waals surface area contributed by atoms with Crippen LogP contribution >= 0.6 is 0 Å². The highest BCUT2D eigenvalue weighted by atomic mass is 19.1. The summed E-state index contributed by atoms with van der Waals surface area (Å²) in [6, 6.07) is 8.45. The molecule has 4 aromatic rings. The molecule has 9 heteroatoms. The van der Waals surface area contributed by atoms with Gasteiger partial charge in [0, 0.05) is 18.5 Å². The Labute approximate surface area is 176 Å². The maximum atomic E-state index is 14.6. The summed E-state index contributed by atoms with van der Waals surface area (Å²) in [4.78, 5) is 19.0. The van der Waals surface area contributed by atoms with E-state index in [0.29, 0.717) is 22.6 Å². The highest BCUT2D eigenvalue weighted by molar-refractivity contribution is 5.98. The molecule has 0 saturated carbocycles. The lowest BCUT2D eigenvalue weighted by atomic mass is 9.81. The molecule has 3 heterocycles. The maximum Gasteiger partial charge on any atom is 0.272 e. The van der Waals surface area contributed by atoms with Gasteiger partial charge in [0.25, 0.3) is 5.56 Å². The molecule has 2 atom stereocenters. The Morgan fingerprint density at radius 1 is 1.10 bits per heavy atom. The summed E-state index contributed by atoms with van der Waals surface area (Å²) >= 11 is 0. The number of benzene rings is 2. The van der Waals surface area contributed by atoms with E-state index >= 15 is 0 Å². The van der Waals surface area contributed by atoms with Gasteiger partial charge in [-0.3, -0.25) is 9.48 Å². The van der Waals surface area contributed by atoms with E-state index in [1.54, 1.807) is 23.9 Å². The van der Waals surface area contributed by atoms with Gasteiger partial charge < -0.3 is 4.90 Å². The van der Waals surface area contributed by atoms with E-state index in [-0.39, 0.29) is 23.3 Å². The minimum Gasteiger partial charge on any atom is -0.360 e. The Morgan fingerprint density at radius 2 is 1.84 bits per heavy atom. The number of aromatic amines is 1. The predicted molar refractivity (Wildman–Crippen MR) is 112 cm³/mol. The summed E-state index contributed by atoms with van der Waals surface area (Å²) in [6.07, 6.45) is 1.46. The molecule has 0 fully saturated rings. The molecule has 2 aromatic carbocycles. The molecule has 1 aliphatic heterocycles. The van der Waals surface area contributed by atoms with Crippen molar-refractivity contribution in [1.29, 1.82) is 0 Å². The molecular weight excluding hydrogens is 402 g/mol. The van der Waals surface area contributed by atoms with Crippen LogP contribution in [-0.2, 0) is 7.05 Å². The molecule has 0 aliphatic carbocycles. The average molecular weight is 422 g/mol. The first kappa shape index (κ1) is 19.3. The number of nitrogens with one attached hydrogen (secondary N) is 1. The molecule has 0 spiro atoms. The number of rotatable bonds is 3. The van der Waals surface area contributed by atoms with Gasteiger partial charge in [-0.15, -0.1) is 0 Å². The Hall–Kier alpha value is -3.62. The quantitative estimate of drug-likeness (QED) is 0.547. The fraction of sp³-hybridized carbons (Fsp3) is 0.273. The van der Waals surface area contributed by atoms with Gasteiger partial charge in [-0.1, -0.05) is 12.1 Å². The third kappa shape index (κ3) is 2.91. The lowest BCUT2D eigenvalue weighted by molar-refractivity contribution is 0.469. The summed E-state index contributed by atoms with van der Waals surface area (Å²) in [5.74, 6) is -0.652. The van der Waals surface area contributed by atoms with Gasteiger partial charge in [0.15, 0.2) is 0 Å². The molecule has 1 N–H and O–H groups in total. The number of anilines is 1. The molecule has 0 unspecified atom stereocenters. The number of aryl methyl sites for hydroxylation is 1. The highest BCUT2D eigenvalue weighted by Crippen LogP contribution is 2.50. The Bertz CT molecular complexity index is 1340. The minimum atomic E-state index is -0.509. The van der Waals surface area contributed by atoms with Crippen molar-refractivity contribution in [1.82, 2.24) is 25.0 Å². The summed E-state index contributed by atoms with van der Waals surface area (Å²) < 4.78 is 30.0. The van der Waals surface area contributed by atoms with Crippen molar-refractivity contribution in [2.75, 3.05) is 4.90 Å². The Kier molecular flexibility index (Phi) is 4.35. The van der Waals surface area contributed by atoms with Crippen LogP contribution in [0, 0.1) is 11.6 Å². The van der Waals surface area contributed by atoms with Gasteiger partial charge >= 0.3 is 0 Å². The Balaban J connectivity index is 1.91. The van der Waals surface area contributed by atoms with Gasteiger partial charge in [-0.25, -0.2) is 18.9 Å². The monoisotopic (exact) mass is 422 g/mol. The molecule has 0 bridgehead atoms. The topological polar surface area (TPSA) is 79.7 Å². The largest absolute Gasteiger partial charge is 0.360 e. The van der Waals surface area contributed by atoms with Crippen LogP contribution in [0.3, 0.4) is 0 Å².